The fraction of sp³-hybridized carbons (Fsp3) is 0.556. The van der Waals surface area contributed by atoms with Gasteiger partial charge in [-0.05, 0) is 43.5 Å². The Labute approximate surface area is 147 Å². The largest absolute Gasteiger partial charge is 0.493 e. The van der Waals surface area contributed by atoms with Crippen LogP contribution in [0, 0.1) is 0 Å². The molecule has 0 fully saturated rings. The van der Waals surface area contributed by atoms with Crippen molar-refractivity contribution in [1.82, 2.24) is 4.90 Å². The highest BCUT2D eigenvalue weighted by Gasteiger charge is 2.33. The first-order valence-electron chi connectivity index (χ1n) is 8.25. The molecule has 1 aromatic carbocycles. The molecule has 1 unspecified atom stereocenters. The number of carboxylic acids is 1. The molecule has 7 heteroatoms. The first-order chi connectivity index (χ1) is 11.9. The molecular formula is C18H25NO6. The maximum atomic E-state index is 12.5. The molecule has 0 aromatic heterocycles. The molecule has 1 aliphatic heterocycles. The van der Waals surface area contributed by atoms with E-state index in [1.54, 1.807) is 18.1 Å². The van der Waals surface area contributed by atoms with Gasteiger partial charge in [0.05, 0.1) is 32.8 Å². The van der Waals surface area contributed by atoms with E-state index in [0.29, 0.717) is 24.5 Å². The molecule has 1 atom stereocenters. The summed E-state index contributed by atoms with van der Waals surface area (Å²) in [5.74, 6) is -0.0572. The van der Waals surface area contributed by atoms with Crippen molar-refractivity contribution in [3.63, 3.8) is 0 Å². The fourth-order valence-corrected chi connectivity index (χ4v) is 3.03. The summed E-state index contributed by atoms with van der Waals surface area (Å²) in [5, 5.41) is 9.31. The quantitative estimate of drug-likeness (QED) is 0.809. The minimum Gasteiger partial charge on any atom is -0.493 e. The normalized spacial score (nSPS) is 16.5. The van der Waals surface area contributed by atoms with E-state index in [9.17, 15) is 14.7 Å². The number of amides is 1. The first-order valence-corrected chi connectivity index (χ1v) is 8.25. The predicted octanol–water partition coefficient (Wildman–Crippen LogP) is 2.03. The van der Waals surface area contributed by atoms with Gasteiger partial charge in [0.2, 0.25) is 5.91 Å². The topological polar surface area (TPSA) is 85.3 Å². The summed E-state index contributed by atoms with van der Waals surface area (Å²) in [6.45, 7) is 4.09. The average molecular weight is 351 g/mol. The number of hydrogen-bond acceptors (Lipinski definition) is 5. The van der Waals surface area contributed by atoms with Crippen LogP contribution in [0.3, 0.4) is 0 Å². The lowest BCUT2D eigenvalue weighted by molar-refractivity contribution is -0.144. The molecule has 0 bridgehead atoms. The molecule has 0 aliphatic carbocycles. The number of benzene rings is 1. The molecule has 1 heterocycles. The van der Waals surface area contributed by atoms with Gasteiger partial charge in [0.25, 0.3) is 0 Å². The summed E-state index contributed by atoms with van der Waals surface area (Å²) >= 11 is 0. The average Bonchev–Trinajstić information content (AvgIpc) is 2.58. The van der Waals surface area contributed by atoms with Crippen molar-refractivity contribution < 1.29 is 28.9 Å². The van der Waals surface area contributed by atoms with Crippen LogP contribution in [0.15, 0.2) is 12.1 Å². The second-order valence-electron chi connectivity index (χ2n) is 6.22. The van der Waals surface area contributed by atoms with E-state index < -0.39 is 12.0 Å². The Bertz CT molecular complexity index is 643. The number of methoxy groups -OCH3 is 2. The van der Waals surface area contributed by atoms with Crippen LogP contribution in [0.5, 0.6) is 11.5 Å². The molecule has 25 heavy (non-hydrogen) atoms. The van der Waals surface area contributed by atoms with Gasteiger partial charge in [-0.3, -0.25) is 9.59 Å². The summed E-state index contributed by atoms with van der Waals surface area (Å²) in [6.07, 6.45) is 0.387. The number of fused-ring (bicyclic) bond motifs is 1. The van der Waals surface area contributed by atoms with Gasteiger partial charge in [0.15, 0.2) is 11.5 Å². The second-order valence-corrected chi connectivity index (χ2v) is 6.22. The Hall–Kier alpha value is -2.28. The van der Waals surface area contributed by atoms with Crippen LogP contribution < -0.4 is 9.47 Å². The molecule has 7 nitrogen and oxygen atoms in total. The molecule has 2 rings (SSSR count). The van der Waals surface area contributed by atoms with E-state index in [0.717, 1.165) is 11.1 Å². The van der Waals surface area contributed by atoms with Crippen molar-refractivity contribution in [3.8, 4) is 11.5 Å². The number of rotatable bonds is 7. The third kappa shape index (κ3) is 4.42. The standard InChI is InChI=1S/C18H25NO6/c1-11(2)25-10-17(20)19-6-5-12-7-15(23-3)16(24-4)8-13(12)14(19)9-18(21)22/h7-8,11,14H,5-6,9-10H2,1-4H3,(H,21,22). The van der Waals surface area contributed by atoms with Crippen molar-refractivity contribution >= 4 is 11.9 Å². The number of carbonyl (C=O) groups excluding carboxylic acids is 1. The van der Waals surface area contributed by atoms with Crippen LogP contribution in [-0.2, 0) is 20.7 Å². The lowest BCUT2D eigenvalue weighted by atomic mass is 9.90. The highest BCUT2D eigenvalue weighted by molar-refractivity contribution is 5.79. The van der Waals surface area contributed by atoms with Crippen molar-refractivity contribution in [3.05, 3.63) is 23.3 Å². The number of nitrogens with zero attached hydrogens (tertiary/aromatic N) is 1. The van der Waals surface area contributed by atoms with Crippen molar-refractivity contribution in [1.29, 1.82) is 0 Å². The van der Waals surface area contributed by atoms with Crippen molar-refractivity contribution in [2.45, 2.75) is 38.8 Å². The van der Waals surface area contributed by atoms with Gasteiger partial charge in [-0.1, -0.05) is 0 Å². The first kappa shape index (κ1) is 19.1. The number of hydrogen-bond donors (Lipinski definition) is 1. The monoisotopic (exact) mass is 351 g/mol. The van der Waals surface area contributed by atoms with Crippen LogP contribution in [-0.4, -0.2) is 55.4 Å². The molecular weight excluding hydrogens is 326 g/mol. The fourth-order valence-electron chi connectivity index (χ4n) is 3.03. The van der Waals surface area contributed by atoms with Crippen LogP contribution >= 0.6 is 0 Å². The number of carboxylic acid groups (broad SMARTS) is 1. The predicted molar refractivity (Wildman–Crippen MR) is 91.0 cm³/mol. The molecule has 1 aliphatic rings. The van der Waals surface area contributed by atoms with Crippen LogP contribution in [0.1, 0.15) is 37.4 Å². The van der Waals surface area contributed by atoms with E-state index >= 15 is 0 Å². The lowest BCUT2D eigenvalue weighted by Crippen LogP contribution is -2.43. The Morgan fingerprint density at radius 1 is 1.24 bits per heavy atom. The van der Waals surface area contributed by atoms with Gasteiger partial charge in [-0.15, -0.1) is 0 Å². The third-order valence-electron chi connectivity index (χ3n) is 4.23. The van der Waals surface area contributed by atoms with Gasteiger partial charge in [0.1, 0.15) is 6.61 Å². The van der Waals surface area contributed by atoms with Crippen molar-refractivity contribution in [2.75, 3.05) is 27.4 Å². The van der Waals surface area contributed by atoms with Crippen molar-refractivity contribution in [2.24, 2.45) is 0 Å². The van der Waals surface area contributed by atoms with E-state index in [-0.39, 0.29) is 25.0 Å². The third-order valence-corrected chi connectivity index (χ3v) is 4.23. The molecule has 1 amide bonds. The summed E-state index contributed by atoms with van der Waals surface area (Å²) in [5.41, 5.74) is 1.75. The number of aliphatic carboxylic acids is 1. The zero-order chi connectivity index (χ0) is 18.6. The summed E-state index contributed by atoms with van der Waals surface area (Å²) in [6, 6.07) is 3.07. The second kappa shape index (κ2) is 8.20. The van der Waals surface area contributed by atoms with Gasteiger partial charge in [-0.2, -0.15) is 0 Å². The van der Waals surface area contributed by atoms with Crippen LogP contribution in [0.4, 0.5) is 0 Å². The Kier molecular flexibility index (Phi) is 6.25. The minimum atomic E-state index is -0.963. The minimum absolute atomic E-state index is 0.0591. The zero-order valence-electron chi connectivity index (χ0n) is 15.1. The van der Waals surface area contributed by atoms with E-state index in [2.05, 4.69) is 0 Å². The lowest BCUT2D eigenvalue weighted by Gasteiger charge is -2.37. The molecule has 0 saturated heterocycles. The molecule has 1 N–H and O–H groups in total. The smallest absolute Gasteiger partial charge is 0.305 e. The van der Waals surface area contributed by atoms with E-state index in [1.165, 1.54) is 7.11 Å². The Morgan fingerprint density at radius 2 is 1.88 bits per heavy atom. The van der Waals surface area contributed by atoms with E-state index in [4.69, 9.17) is 14.2 Å². The zero-order valence-corrected chi connectivity index (χ0v) is 15.1. The Morgan fingerprint density at radius 3 is 2.44 bits per heavy atom. The molecule has 1 aromatic rings. The molecule has 0 radical (unpaired) electrons. The maximum Gasteiger partial charge on any atom is 0.305 e. The molecule has 0 saturated carbocycles. The molecule has 138 valence electrons. The van der Waals surface area contributed by atoms with E-state index in [1.807, 2.05) is 19.9 Å². The van der Waals surface area contributed by atoms with Crippen LogP contribution in [0.25, 0.3) is 0 Å². The highest BCUT2D eigenvalue weighted by Crippen LogP contribution is 2.39. The number of carbonyl (C=O) groups is 2. The van der Waals surface area contributed by atoms with Gasteiger partial charge in [0, 0.05) is 6.54 Å². The molecule has 0 spiro atoms. The highest BCUT2D eigenvalue weighted by atomic mass is 16.5. The van der Waals surface area contributed by atoms with Gasteiger partial charge in [-0.25, -0.2) is 0 Å². The summed E-state index contributed by atoms with van der Waals surface area (Å²) in [7, 11) is 3.08. The SMILES string of the molecule is COc1cc2c(cc1OC)C(CC(=O)O)N(C(=O)COC(C)C)CC2. The number of ether oxygens (including phenoxy) is 3. The Balaban J connectivity index is 2.37. The van der Waals surface area contributed by atoms with Crippen LogP contribution in [0.2, 0.25) is 0 Å². The van der Waals surface area contributed by atoms with Gasteiger partial charge >= 0.3 is 5.97 Å². The summed E-state index contributed by atoms with van der Waals surface area (Å²) < 4.78 is 16.0. The van der Waals surface area contributed by atoms with Gasteiger partial charge < -0.3 is 24.2 Å². The summed E-state index contributed by atoms with van der Waals surface area (Å²) in [4.78, 5) is 25.5. The maximum absolute atomic E-state index is 12.5.